The molecule has 0 aliphatic rings. The van der Waals surface area contributed by atoms with Crippen LogP contribution in [0.1, 0.15) is 31.2 Å². The highest BCUT2D eigenvalue weighted by Gasteiger charge is 2.06. The maximum atomic E-state index is 5.32. The molecule has 0 radical (unpaired) electrons. The molecule has 104 valence electrons. The second-order valence-corrected chi connectivity index (χ2v) is 5.56. The fraction of sp³-hybridized carbons (Fsp3) is 0.238. The Bertz CT molecular complexity index is 736. The van der Waals surface area contributed by atoms with Gasteiger partial charge in [-0.15, -0.1) is 12.3 Å². The van der Waals surface area contributed by atoms with Crippen molar-refractivity contribution in [1.29, 1.82) is 0 Å². The number of hydrogen-bond acceptors (Lipinski definition) is 0. The van der Waals surface area contributed by atoms with E-state index in [9.17, 15) is 0 Å². The van der Waals surface area contributed by atoms with E-state index in [1.54, 1.807) is 0 Å². The van der Waals surface area contributed by atoms with Crippen LogP contribution in [-0.4, -0.2) is 0 Å². The lowest BCUT2D eigenvalue weighted by Gasteiger charge is -2.11. The summed E-state index contributed by atoms with van der Waals surface area (Å²) in [7, 11) is 0. The van der Waals surface area contributed by atoms with E-state index < -0.39 is 0 Å². The molecule has 0 atom stereocenters. The molecule has 21 heavy (non-hydrogen) atoms. The largest absolute Gasteiger partial charge is 0.120 e. The molecule has 0 unspecified atom stereocenters. The Hall–Kier alpha value is -2.26. The number of rotatable bonds is 5. The smallest absolute Gasteiger partial charge is 0.00860 e. The molecule has 0 heteroatoms. The SMILES string of the molecule is C#CCCCCCc1c2ccccc2cc2ccccc12. The van der Waals surface area contributed by atoms with Crippen LogP contribution in [-0.2, 0) is 6.42 Å². The molecule has 0 amide bonds. The molecule has 0 aliphatic carbocycles. The van der Waals surface area contributed by atoms with Gasteiger partial charge in [0.1, 0.15) is 0 Å². The van der Waals surface area contributed by atoms with Crippen molar-refractivity contribution in [3.8, 4) is 12.3 Å². The maximum Gasteiger partial charge on any atom is 0.00860 e. The molecule has 3 aromatic rings. The summed E-state index contributed by atoms with van der Waals surface area (Å²) in [5.74, 6) is 2.73. The summed E-state index contributed by atoms with van der Waals surface area (Å²) in [4.78, 5) is 0. The highest BCUT2D eigenvalue weighted by molar-refractivity contribution is 6.02. The Balaban J connectivity index is 1.98. The molecular weight excluding hydrogens is 252 g/mol. The minimum absolute atomic E-state index is 0.899. The van der Waals surface area contributed by atoms with E-state index in [-0.39, 0.29) is 0 Å². The number of benzene rings is 3. The first-order valence-electron chi connectivity index (χ1n) is 7.73. The normalized spacial score (nSPS) is 10.8. The Morgan fingerprint density at radius 3 is 2.00 bits per heavy atom. The molecule has 0 spiro atoms. The van der Waals surface area contributed by atoms with Crippen LogP contribution in [0.25, 0.3) is 21.5 Å². The van der Waals surface area contributed by atoms with Crippen molar-refractivity contribution in [1.82, 2.24) is 0 Å². The summed E-state index contributed by atoms with van der Waals surface area (Å²) in [6.45, 7) is 0. The van der Waals surface area contributed by atoms with Crippen LogP contribution in [0, 0.1) is 12.3 Å². The first-order valence-corrected chi connectivity index (χ1v) is 7.73. The second kappa shape index (κ2) is 6.46. The molecule has 0 heterocycles. The number of unbranched alkanes of at least 4 members (excludes halogenated alkanes) is 3. The molecule has 3 aromatic carbocycles. The molecule has 3 rings (SSSR count). The summed E-state index contributed by atoms with van der Waals surface area (Å²) in [5.41, 5.74) is 1.49. The average molecular weight is 272 g/mol. The van der Waals surface area contributed by atoms with Crippen LogP contribution in [0.2, 0.25) is 0 Å². The average Bonchev–Trinajstić information content (AvgIpc) is 2.53. The van der Waals surface area contributed by atoms with Crippen LogP contribution >= 0.6 is 0 Å². The monoisotopic (exact) mass is 272 g/mol. The highest BCUT2D eigenvalue weighted by Crippen LogP contribution is 2.29. The van der Waals surface area contributed by atoms with Gasteiger partial charge in [-0.25, -0.2) is 0 Å². The van der Waals surface area contributed by atoms with Crippen LogP contribution in [0.3, 0.4) is 0 Å². The molecule has 0 saturated carbocycles. The van der Waals surface area contributed by atoms with Gasteiger partial charge in [0, 0.05) is 6.42 Å². The Morgan fingerprint density at radius 1 is 0.762 bits per heavy atom. The fourth-order valence-electron chi connectivity index (χ4n) is 3.08. The molecular formula is C21H20. The van der Waals surface area contributed by atoms with E-state index in [1.165, 1.54) is 39.9 Å². The van der Waals surface area contributed by atoms with Crippen molar-refractivity contribution in [2.24, 2.45) is 0 Å². The zero-order valence-electron chi connectivity index (χ0n) is 12.3. The van der Waals surface area contributed by atoms with Crippen molar-refractivity contribution in [2.45, 2.75) is 32.1 Å². The Morgan fingerprint density at radius 2 is 1.38 bits per heavy atom. The van der Waals surface area contributed by atoms with Crippen molar-refractivity contribution in [2.75, 3.05) is 0 Å². The lowest BCUT2D eigenvalue weighted by atomic mass is 9.93. The minimum atomic E-state index is 0.899. The second-order valence-electron chi connectivity index (χ2n) is 5.56. The summed E-state index contributed by atoms with van der Waals surface area (Å²) < 4.78 is 0. The van der Waals surface area contributed by atoms with Gasteiger partial charge in [-0.2, -0.15) is 0 Å². The molecule has 0 saturated heterocycles. The van der Waals surface area contributed by atoms with Gasteiger partial charge in [-0.1, -0.05) is 55.0 Å². The van der Waals surface area contributed by atoms with Gasteiger partial charge in [0.25, 0.3) is 0 Å². The van der Waals surface area contributed by atoms with E-state index >= 15 is 0 Å². The van der Waals surface area contributed by atoms with E-state index in [4.69, 9.17) is 6.42 Å². The maximum absolute atomic E-state index is 5.32. The number of terminal acetylenes is 1. The van der Waals surface area contributed by atoms with Gasteiger partial charge in [0.2, 0.25) is 0 Å². The third-order valence-corrected chi connectivity index (χ3v) is 4.13. The summed E-state index contributed by atoms with van der Waals surface area (Å²) in [6, 6.07) is 19.7. The van der Waals surface area contributed by atoms with E-state index in [1.807, 2.05) is 0 Å². The topological polar surface area (TPSA) is 0 Å². The van der Waals surface area contributed by atoms with E-state index in [0.29, 0.717) is 0 Å². The van der Waals surface area contributed by atoms with Crippen molar-refractivity contribution < 1.29 is 0 Å². The minimum Gasteiger partial charge on any atom is -0.120 e. The fourth-order valence-corrected chi connectivity index (χ4v) is 3.08. The van der Waals surface area contributed by atoms with Gasteiger partial charge >= 0.3 is 0 Å². The van der Waals surface area contributed by atoms with Gasteiger partial charge in [0.15, 0.2) is 0 Å². The predicted molar refractivity (Wildman–Crippen MR) is 92.5 cm³/mol. The van der Waals surface area contributed by atoms with E-state index in [2.05, 4.69) is 60.5 Å². The van der Waals surface area contributed by atoms with Gasteiger partial charge < -0.3 is 0 Å². The number of fused-ring (bicyclic) bond motifs is 2. The van der Waals surface area contributed by atoms with Crippen molar-refractivity contribution in [3.63, 3.8) is 0 Å². The number of hydrogen-bond donors (Lipinski definition) is 0. The Labute approximate surface area is 126 Å². The highest BCUT2D eigenvalue weighted by atomic mass is 14.1. The Kier molecular flexibility index (Phi) is 4.22. The first kappa shape index (κ1) is 13.7. The van der Waals surface area contributed by atoms with Gasteiger partial charge in [-0.05, 0) is 52.4 Å². The van der Waals surface area contributed by atoms with Crippen LogP contribution in [0.5, 0.6) is 0 Å². The standard InChI is InChI=1S/C21H20/c1-2-3-4-5-6-15-21-19-13-9-7-11-17(19)16-18-12-8-10-14-20(18)21/h1,7-14,16H,3-6,15H2. The molecule has 0 aliphatic heterocycles. The molecule has 0 nitrogen and oxygen atoms in total. The van der Waals surface area contributed by atoms with E-state index in [0.717, 1.165) is 19.3 Å². The summed E-state index contributed by atoms with van der Waals surface area (Å²) in [5, 5.41) is 5.48. The molecule has 0 N–H and O–H groups in total. The zero-order chi connectivity index (χ0) is 14.5. The summed E-state index contributed by atoms with van der Waals surface area (Å²) in [6.07, 6.45) is 10.9. The lowest BCUT2D eigenvalue weighted by molar-refractivity contribution is 0.696. The zero-order valence-corrected chi connectivity index (χ0v) is 12.3. The molecule has 0 fully saturated rings. The predicted octanol–water partition coefficient (Wildman–Crippen LogP) is 5.73. The number of aryl methyl sites for hydroxylation is 1. The quantitative estimate of drug-likeness (QED) is 0.316. The van der Waals surface area contributed by atoms with Crippen molar-refractivity contribution >= 4 is 21.5 Å². The summed E-state index contributed by atoms with van der Waals surface area (Å²) >= 11 is 0. The van der Waals surface area contributed by atoms with Gasteiger partial charge in [0.05, 0.1) is 0 Å². The molecule has 0 aromatic heterocycles. The first-order chi connectivity index (χ1) is 10.4. The van der Waals surface area contributed by atoms with Crippen molar-refractivity contribution in [3.05, 3.63) is 60.2 Å². The van der Waals surface area contributed by atoms with Crippen LogP contribution in [0.15, 0.2) is 54.6 Å². The third-order valence-electron chi connectivity index (χ3n) is 4.13. The van der Waals surface area contributed by atoms with Gasteiger partial charge in [-0.3, -0.25) is 0 Å². The molecule has 0 bridgehead atoms. The van der Waals surface area contributed by atoms with Crippen LogP contribution in [0.4, 0.5) is 0 Å². The lowest BCUT2D eigenvalue weighted by Crippen LogP contribution is -1.91. The third kappa shape index (κ3) is 2.93. The van der Waals surface area contributed by atoms with Crippen LogP contribution < -0.4 is 0 Å².